The van der Waals surface area contributed by atoms with Crippen molar-refractivity contribution in [3.05, 3.63) is 23.3 Å². The standard InChI is InChI=1S/C16H26N2/c1-5-7-9-17-15-11-14(4)16(12-13(15)3)18-10-8-6-2/h11-12H,5-10H2,1-4H3. The van der Waals surface area contributed by atoms with Crippen molar-refractivity contribution in [3.8, 4) is 0 Å². The average molecular weight is 246 g/mol. The Bertz CT molecular complexity index is 346. The Morgan fingerprint density at radius 3 is 1.50 bits per heavy atom. The molecule has 1 rings (SSSR count). The van der Waals surface area contributed by atoms with E-state index in [1.807, 2.05) is 0 Å². The van der Waals surface area contributed by atoms with Gasteiger partial charge in [0, 0.05) is 13.1 Å². The van der Waals surface area contributed by atoms with Crippen molar-refractivity contribution in [3.63, 3.8) is 0 Å². The van der Waals surface area contributed by atoms with E-state index in [9.17, 15) is 0 Å². The van der Waals surface area contributed by atoms with Crippen LogP contribution in [0.1, 0.15) is 53.4 Å². The summed E-state index contributed by atoms with van der Waals surface area (Å²) >= 11 is 0. The lowest BCUT2D eigenvalue weighted by Gasteiger charge is -2.13. The molecule has 0 heterocycles. The Balaban J connectivity index is 2.73. The molecule has 0 aromatic rings. The molecule has 0 saturated heterocycles. The summed E-state index contributed by atoms with van der Waals surface area (Å²) in [5.41, 5.74) is 4.75. The molecule has 0 N–H and O–H groups in total. The van der Waals surface area contributed by atoms with E-state index >= 15 is 0 Å². The molecular weight excluding hydrogens is 220 g/mol. The van der Waals surface area contributed by atoms with Gasteiger partial charge in [-0.3, -0.25) is 9.98 Å². The second-order valence-electron chi connectivity index (χ2n) is 4.90. The first-order valence-corrected chi connectivity index (χ1v) is 7.15. The van der Waals surface area contributed by atoms with Crippen LogP contribution in [0.2, 0.25) is 0 Å². The van der Waals surface area contributed by atoms with Crippen molar-refractivity contribution in [2.45, 2.75) is 53.4 Å². The van der Waals surface area contributed by atoms with Gasteiger partial charge < -0.3 is 0 Å². The van der Waals surface area contributed by atoms with Crippen molar-refractivity contribution >= 4 is 11.4 Å². The quantitative estimate of drug-likeness (QED) is 0.491. The van der Waals surface area contributed by atoms with Gasteiger partial charge in [0.05, 0.1) is 11.4 Å². The molecule has 0 bridgehead atoms. The normalized spacial score (nSPS) is 20.2. The van der Waals surface area contributed by atoms with E-state index in [0.29, 0.717) is 0 Å². The number of rotatable bonds is 6. The molecule has 0 fully saturated rings. The molecular formula is C16H26N2. The summed E-state index contributed by atoms with van der Waals surface area (Å²) in [7, 11) is 0. The van der Waals surface area contributed by atoms with Crippen LogP contribution in [-0.4, -0.2) is 24.5 Å². The van der Waals surface area contributed by atoms with Crippen LogP contribution >= 0.6 is 0 Å². The number of allylic oxidation sites excluding steroid dienone is 4. The topological polar surface area (TPSA) is 24.7 Å². The fraction of sp³-hybridized carbons (Fsp3) is 0.625. The third-order valence-corrected chi connectivity index (χ3v) is 3.10. The SMILES string of the molecule is CCCCN=C1C=C(C)C(=NCCCC)C=C1C. The van der Waals surface area contributed by atoms with Gasteiger partial charge in [0.1, 0.15) is 0 Å². The highest BCUT2D eigenvalue weighted by Crippen LogP contribution is 2.14. The lowest BCUT2D eigenvalue weighted by atomic mass is 9.97. The van der Waals surface area contributed by atoms with Gasteiger partial charge in [-0.2, -0.15) is 0 Å². The Morgan fingerprint density at radius 2 is 1.17 bits per heavy atom. The minimum Gasteiger partial charge on any atom is -0.285 e. The van der Waals surface area contributed by atoms with Gasteiger partial charge in [-0.25, -0.2) is 0 Å². The molecule has 1 aliphatic rings. The van der Waals surface area contributed by atoms with Crippen molar-refractivity contribution in [1.82, 2.24) is 0 Å². The molecule has 2 nitrogen and oxygen atoms in total. The molecule has 0 spiro atoms. The second kappa shape index (κ2) is 8.02. The van der Waals surface area contributed by atoms with Crippen LogP contribution in [0.15, 0.2) is 33.3 Å². The van der Waals surface area contributed by atoms with Gasteiger partial charge in [0.25, 0.3) is 0 Å². The molecule has 0 radical (unpaired) electrons. The van der Waals surface area contributed by atoms with Crippen molar-refractivity contribution < 1.29 is 0 Å². The minimum atomic E-state index is 0.934. The van der Waals surface area contributed by atoms with Gasteiger partial charge in [-0.1, -0.05) is 26.7 Å². The maximum atomic E-state index is 4.65. The van der Waals surface area contributed by atoms with Crippen molar-refractivity contribution in [2.24, 2.45) is 9.98 Å². The molecule has 0 aromatic heterocycles. The van der Waals surface area contributed by atoms with E-state index < -0.39 is 0 Å². The summed E-state index contributed by atoms with van der Waals surface area (Å²) in [4.78, 5) is 9.30. The Hall–Kier alpha value is -1.18. The van der Waals surface area contributed by atoms with E-state index in [2.05, 4.69) is 49.8 Å². The monoisotopic (exact) mass is 246 g/mol. The van der Waals surface area contributed by atoms with E-state index in [1.165, 1.54) is 36.8 Å². The summed E-state index contributed by atoms with van der Waals surface area (Å²) in [6.07, 6.45) is 9.09. The molecule has 0 aliphatic heterocycles. The third-order valence-electron chi connectivity index (χ3n) is 3.10. The van der Waals surface area contributed by atoms with Crippen LogP contribution in [0.5, 0.6) is 0 Å². The number of unbranched alkanes of at least 4 members (excludes halogenated alkanes) is 2. The van der Waals surface area contributed by atoms with Gasteiger partial charge in [-0.15, -0.1) is 0 Å². The van der Waals surface area contributed by atoms with Crippen molar-refractivity contribution in [1.29, 1.82) is 0 Å². The van der Waals surface area contributed by atoms with Gasteiger partial charge in [0.15, 0.2) is 0 Å². The highest BCUT2D eigenvalue weighted by atomic mass is 14.8. The highest BCUT2D eigenvalue weighted by molar-refractivity contribution is 6.23. The molecule has 18 heavy (non-hydrogen) atoms. The predicted octanol–water partition coefficient (Wildman–Crippen LogP) is 4.37. The van der Waals surface area contributed by atoms with Gasteiger partial charge >= 0.3 is 0 Å². The Labute approximate surface area is 112 Å². The summed E-state index contributed by atoms with van der Waals surface area (Å²) < 4.78 is 0. The van der Waals surface area contributed by atoms with Crippen LogP contribution < -0.4 is 0 Å². The Morgan fingerprint density at radius 1 is 0.778 bits per heavy atom. The third kappa shape index (κ3) is 4.59. The molecule has 0 saturated carbocycles. The van der Waals surface area contributed by atoms with Crippen LogP contribution in [0.4, 0.5) is 0 Å². The first-order chi connectivity index (χ1) is 8.69. The van der Waals surface area contributed by atoms with Crippen LogP contribution in [0, 0.1) is 0 Å². The molecule has 0 aromatic carbocycles. The fourth-order valence-electron chi connectivity index (χ4n) is 1.84. The van der Waals surface area contributed by atoms with E-state index in [1.54, 1.807) is 0 Å². The molecule has 0 amide bonds. The summed E-state index contributed by atoms with van der Waals surface area (Å²) in [6, 6.07) is 0. The largest absolute Gasteiger partial charge is 0.285 e. The second-order valence-corrected chi connectivity index (χ2v) is 4.90. The predicted molar refractivity (Wildman–Crippen MR) is 81.9 cm³/mol. The van der Waals surface area contributed by atoms with Crippen LogP contribution in [-0.2, 0) is 0 Å². The van der Waals surface area contributed by atoms with Crippen LogP contribution in [0.3, 0.4) is 0 Å². The molecule has 1 aliphatic carbocycles. The van der Waals surface area contributed by atoms with Crippen molar-refractivity contribution in [2.75, 3.05) is 13.1 Å². The number of aliphatic imine (C=N–C) groups is 2. The molecule has 0 unspecified atom stereocenters. The molecule has 100 valence electrons. The van der Waals surface area contributed by atoms with E-state index in [0.717, 1.165) is 24.5 Å². The Kier molecular flexibility index (Phi) is 6.63. The van der Waals surface area contributed by atoms with Gasteiger partial charge in [0.2, 0.25) is 0 Å². The number of hydrogen-bond donors (Lipinski definition) is 0. The first kappa shape index (κ1) is 14.9. The zero-order valence-corrected chi connectivity index (χ0v) is 12.3. The minimum absolute atomic E-state index is 0.934. The lowest BCUT2D eigenvalue weighted by molar-refractivity contribution is 0.807. The smallest absolute Gasteiger partial charge is 0.0607 e. The van der Waals surface area contributed by atoms with E-state index in [-0.39, 0.29) is 0 Å². The fourth-order valence-corrected chi connectivity index (χ4v) is 1.84. The first-order valence-electron chi connectivity index (χ1n) is 7.15. The average Bonchev–Trinajstić information content (AvgIpc) is 2.35. The zero-order valence-electron chi connectivity index (χ0n) is 12.3. The maximum Gasteiger partial charge on any atom is 0.0607 e. The highest BCUT2D eigenvalue weighted by Gasteiger charge is 2.10. The molecule has 2 heteroatoms. The maximum absolute atomic E-state index is 4.65. The summed E-state index contributed by atoms with van der Waals surface area (Å²) in [5.74, 6) is 0. The zero-order chi connectivity index (χ0) is 13.4. The van der Waals surface area contributed by atoms with Gasteiger partial charge in [-0.05, 0) is 50.0 Å². The number of hydrogen-bond acceptors (Lipinski definition) is 2. The summed E-state index contributed by atoms with van der Waals surface area (Å²) in [5, 5.41) is 0. The lowest BCUT2D eigenvalue weighted by Crippen LogP contribution is -2.11. The summed E-state index contributed by atoms with van der Waals surface area (Å²) in [6.45, 7) is 10.5. The number of nitrogens with zero attached hydrogens (tertiary/aromatic N) is 2. The van der Waals surface area contributed by atoms with E-state index in [4.69, 9.17) is 0 Å². The molecule has 0 atom stereocenters. The van der Waals surface area contributed by atoms with Crippen LogP contribution in [0.25, 0.3) is 0 Å².